The van der Waals surface area contributed by atoms with Gasteiger partial charge in [-0.1, -0.05) is 75.0 Å². The minimum Gasteiger partial charge on any atom is -0.324 e. The molecule has 7 unspecified atom stereocenters. The Morgan fingerprint density at radius 1 is 1.19 bits per heavy atom. The highest BCUT2D eigenvalue weighted by Gasteiger charge is 2.66. The van der Waals surface area contributed by atoms with E-state index < -0.39 is 0 Å². The summed E-state index contributed by atoms with van der Waals surface area (Å²) < 4.78 is 0.296. The average Bonchev–Trinajstić information content (AvgIpc) is 3.00. The van der Waals surface area contributed by atoms with Crippen LogP contribution in [0.2, 0.25) is 0 Å². The van der Waals surface area contributed by atoms with Crippen molar-refractivity contribution in [3.63, 3.8) is 0 Å². The van der Waals surface area contributed by atoms with Crippen LogP contribution in [0.15, 0.2) is 33.9 Å². The molecule has 0 aromatic carbocycles. The second kappa shape index (κ2) is 8.79. The van der Waals surface area contributed by atoms with Gasteiger partial charge in [-0.2, -0.15) is 5.26 Å². The number of rotatable bonds is 4. The molecule has 2 nitrogen and oxygen atoms in total. The SMILES string of the molecule is C=C(C#N)/C(CCC=C(Cl)Cl)=C1\C(C)CC2(C)C1CCC1(N)C2CCC2CCCCC21C. The lowest BCUT2D eigenvalue weighted by Crippen LogP contribution is -2.70. The van der Waals surface area contributed by atoms with Gasteiger partial charge in [0.15, 0.2) is 0 Å². The third-order valence-electron chi connectivity index (χ3n) is 10.5. The molecule has 2 N–H and O–H groups in total. The zero-order chi connectivity index (χ0) is 23.3. The fourth-order valence-electron chi connectivity index (χ4n) is 9.12. The number of hydrogen-bond donors (Lipinski definition) is 1. The summed E-state index contributed by atoms with van der Waals surface area (Å²) >= 11 is 11.7. The number of nitrogens with two attached hydrogens (primary N) is 1. The molecule has 7 atom stereocenters. The van der Waals surface area contributed by atoms with Crippen LogP contribution in [0.5, 0.6) is 0 Å². The van der Waals surface area contributed by atoms with E-state index in [2.05, 4.69) is 33.4 Å². The van der Waals surface area contributed by atoms with Crippen molar-refractivity contribution in [2.24, 2.45) is 40.2 Å². The van der Waals surface area contributed by atoms with Gasteiger partial charge in [-0.05, 0) is 97.9 Å². The summed E-state index contributed by atoms with van der Waals surface area (Å²) in [6, 6.07) is 2.35. The minimum atomic E-state index is -0.0575. The normalized spacial score (nSPS) is 44.5. The van der Waals surface area contributed by atoms with Crippen LogP contribution in [-0.4, -0.2) is 5.54 Å². The van der Waals surface area contributed by atoms with Gasteiger partial charge < -0.3 is 5.73 Å². The predicted octanol–water partition coefficient (Wildman–Crippen LogP) is 8.22. The molecule has 0 amide bonds. The highest BCUT2D eigenvalue weighted by atomic mass is 35.5. The average molecular weight is 476 g/mol. The molecule has 0 aromatic rings. The van der Waals surface area contributed by atoms with E-state index in [-0.39, 0.29) is 16.4 Å². The van der Waals surface area contributed by atoms with Crippen molar-refractivity contribution in [2.45, 2.75) is 96.9 Å². The first kappa shape index (κ1) is 24.4. The van der Waals surface area contributed by atoms with E-state index >= 15 is 0 Å². The zero-order valence-electron chi connectivity index (χ0n) is 20.2. The number of fused-ring (bicyclic) bond motifs is 5. The van der Waals surface area contributed by atoms with Crippen LogP contribution in [-0.2, 0) is 0 Å². The lowest BCUT2D eigenvalue weighted by Gasteiger charge is -2.66. The zero-order valence-corrected chi connectivity index (χ0v) is 21.7. The number of halogens is 2. The summed E-state index contributed by atoms with van der Waals surface area (Å²) in [7, 11) is 0. The van der Waals surface area contributed by atoms with Crippen LogP contribution < -0.4 is 5.73 Å². The molecule has 0 radical (unpaired) electrons. The summed E-state index contributed by atoms with van der Waals surface area (Å²) in [4.78, 5) is 0. The van der Waals surface area contributed by atoms with E-state index in [0.29, 0.717) is 27.8 Å². The fraction of sp³-hybridized carbons (Fsp3) is 0.750. The molecule has 0 bridgehead atoms. The number of nitrogens with zero attached hydrogens (tertiary/aromatic N) is 1. The Morgan fingerprint density at radius 2 is 1.94 bits per heavy atom. The van der Waals surface area contributed by atoms with Crippen molar-refractivity contribution in [3.05, 3.63) is 33.9 Å². The molecule has 176 valence electrons. The molecule has 0 saturated heterocycles. The predicted molar refractivity (Wildman–Crippen MR) is 135 cm³/mol. The standard InChI is InChI=1S/C28H40Cl2N2/c1-18-16-26(3)22(25(18)21(19(2)17-31)9-7-10-24(29)30)13-15-28(32)23(26)12-11-20-8-5-6-14-27(20,28)4/h10,18,20,22-23H,2,5-9,11-16,32H2,1,3-4H3/b25-21+. The molecule has 4 heteroatoms. The maximum atomic E-state index is 9.74. The van der Waals surface area contributed by atoms with Gasteiger partial charge in [0, 0.05) is 11.1 Å². The van der Waals surface area contributed by atoms with E-state index in [4.69, 9.17) is 28.9 Å². The van der Waals surface area contributed by atoms with E-state index in [1.54, 1.807) is 0 Å². The topological polar surface area (TPSA) is 49.8 Å². The Labute approximate surface area is 205 Å². The van der Waals surface area contributed by atoms with Crippen LogP contribution >= 0.6 is 23.2 Å². The molecule has 0 aliphatic heterocycles. The summed E-state index contributed by atoms with van der Waals surface area (Å²) in [6.07, 6.45) is 14.8. The summed E-state index contributed by atoms with van der Waals surface area (Å²) in [5.74, 6) is 2.31. The maximum Gasteiger partial charge on any atom is 0.102 e. The summed E-state index contributed by atoms with van der Waals surface area (Å²) in [6.45, 7) is 11.6. The molecule has 32 heavy (non-hydrogen) atoms. The maximum absolute atomic E-state index is 9.74. The van der Waals surface area contributed by atoms with Crippen molar-refractivity contribution in [2.75, 3.05) is 0 Å². The third kappa shape index (κ3) is 3.62. The van der Waals surface area contributed by atoms with Crippen molar-refractivity contribution < 1.29 is 0 Å². The highest BCUT2D eigenvalue weighted by molar-refractivity contribution is 6.55. The highest BCUT2D eigenvalue weighted by Crippen LogP contribution is 2.70. The third-order valence-corrected chi connectivity index (χ3v) is 10.8. The molecule has 4 saturated carbocycles. The lowest BCUT2D eigenvalue weighted by atomic mass is 9.40. The first-order chi connectivity index (χ1) is 15.1. The molecule has 0 spiro atoms. The molecule has 4 aliphatic rings. The minimum absolute atomic E-state index is 0.0575. The van der Waals surface area contributed by atoms with Crippen molar-refractivity contribution in [1.82, 2.24) is 0 Å². The molecule has 0 heterocycles. The summed E-state index contributed by atoms with van der Waals surface area (Å²) in [5.41, 5.74) is 11.2. The molecular weight excluding hydrogens is 435 g/mol. The van der Waals surface area contributed by atoms with Crippen molar-refractivity contribution in [1.29, 1.82) is 5.26 Å². The van der Waals surface area contributed by atoms with E-state index in [9.17, 15) is 5.26 Å². The quantitative estimate of drug-likeness (QED) is 0.416. The van der Waals surface area contributed by atoms with Gasteiger partial charge in [-0.25, -0.2) is 0 Å². The first-order valence-electron chi connectivity index (χ1n) is 12.7. The van der Waals surface area contributed by atoms with E-state index in [0.717, 1.165) is 37.2 Å². The van der Waals surface area contributed by atoms with Crippen molar-refractivity contribution >= 4 is 23.2 Å². The van der Waals surface area contributed by atoms with Crippen LogP contribution in [0, 0.1) is 45.8 Å². The van der Waals surface area contributed by atoms with E-state index in [1.807, 2.05) is 6.08 Å². The Morgan fingerprint density at radius 3 is 2.62 bits per heavy atom. The van der Waals surface area contributed by atoms with Crippen molar-refractivity contribution in [3.8, 4) is 6.07 Å². The first-order valence-corrected chi connectivity index (χ1v) is 13.5. The van der Waals surface area contributed by atoms with Gasteiger partial charge in [0.25, 0.3) is 0 Å². The van der Waals surface area contributed by atoms with Crippen LogP contribution in [0.3, 0.4) is 0 Å². The number of allylic oxidation sites excluding steroid dienone is 4. The van der Waals surface area contributed by atoms with Gasteiger partial charge >= 0.3 is 0 Å². The van der Waals surface area contributed by atoms with Gasteiger partial charge in [0.1, 0.15) is 4.49 Å². The number of hydrogen-bond acceptors (Lipinski definition) is 2. The van der Waals surface area contributed by atoms with E-state index in [1.165, 1.54) is 50.5 Å². The fourth-order valence-corrected chi connectivity index (χ4v) is 9.34. The van der Waals surface area contributed by atoms with Gasteiger partial charge in [0.05, 0.1) is 6.07 Å². The summed E-state index contributed by atoms with van der Waals surface area (Å²) in [5, 5.41) is 9.74. The monoisotopic (exact) mass is 474 g/mol. The Kier molecular flexibility index (Phi) is 6.70. The molecule has 4 aliphatic carbocycles. The molecule has 4 rings (SSSR count). The van der Waals surface area contributed by atoms with Gasteiger partial charge in [-0.15, -0.1) is 0 Å². The smallest absolute Gasteiger partial charge is 0.102 e. The lowest BCUT2D eigenvalue weighted by molar-refractivity contribution is -0.132. The molecular formula is C28H40Cl2N2. The number of nitriles is 1. The Hall–Kier alpha value is -0.750. The van der Waals surface area contributed by atoms with Gasteiger partial charge in [-0.3, -0.25) is 0 Å². The Bertz CT molecular complexity index is 878. The van der Waals surface area contributed by atoms with Crippen LogP contribution in [0.1, 0.15) is 91.4 Å². The Balaban J connectivity index is 1.73. The van der Waals surface area contributed by atoms with Crippen LogP contribution in [0.25, 0.3) is 0 Å². The molecule has 0 aromatic heterocycles. The van der Waals surface area contributed by atoms with Crippen LogP contribution in [0.4, 0.5) is 0 Å². The largest absolute Gasteiger partial charge is 0.324 e. The van der Waals surface area contributed by atoms with Gasteiger partial charge in [0.2, 0.25) is 0 Å². The molecule has 4 fully saturated rings. The second-order valence-electron chi connectivity index (χ2n) is 11.8. The second-order valence-corrected chi connectivity index (χ2v) is 12.8.